The zero-order valence-corrected chi connectivity index (χ0v) is 8.29. The molecule has 0 amide bonds. The molecule has 0 spiro atoms. The van der Waals surface area contributed by atoms with Crippen LogP contribution >= 0.6 is 0 Å². The average molecular weight is 207 g/mol. The molecular formula is C11H10FNO2. The summed E-state index contributed by atoms with van der Waals surface area (Å²) in [5, 5.41) is 8.74. The lowest BCUT2D eigenvalue weighted by molar-refractivity contribution is -0.140. The molecule has 1 aromatic carbocycles. The van der Waals surface area contributed by atoms with Crippen molar-refractivity contribution in [2.75, 3.05) is 7.11 Å². The smallest absolute Gasteiger partial charge is 0.305 e. The first-order valence-corrected chi connectivity index (χ1v) is 4.42. The Morgan fingerprint density at radius 3 is 2.93 bits per heavy atom. The van der Waals surface area contributed by atoms with Gasteiger partial charge in [0, 0.05) is 6.42 Å². The number of aryl methyl sites for hydroxylation is 1. The van der Waals surface area contributed by atoms with Crippen molar-refractivity contribution in [1.82, 2.24) is 0 Å². The Bertz CT molecular complexity index is 410. The Morgan fingerprint density at radius 2 is 2.33 bits per heavy atom. The van der Waals surface area contributed by atoms with Crippen molar-refractivity contribution < 1.29 is 13.9 Å². The first-order valence-electron chi connectivity index (χ1n) is 4.42. The summed E-state index contributed by atoms with van der Waals surface area (Å²) in [5.41, 5.74) is 0.920. The van der Waals surface area contributed by atoms with E-state index in [9.17, 15) is 9.18 Å². The fourth-order valence-corrected chi connectivity index (χ4v) is 1.22. The van der Waals surface area contributed by atoms with E-state index in [1.807, 2.05) is 6.07 Å². The minimum Gasteiger partial charge on any atom is -0.469 e. The molecule has 78 valence electrons. The number of esters is 1. The average Bonchev–Trinajstić information content (AvgIpc) is 2.26. The number of nitriles is 1. The van der Waals surface area contributed by atoms with Gasteiger partial charge in [-0.2, -0.15) is 5.26 Å². The highest BCUT2D eigenvalue weighted by Gasteiger charge is 2.06. The monoisotopic (exact) mass is 207 g/mol. The van der Waals surface area contributed by atoms with Crippen molar-refractivity contribution in [3.8, 4) is 6.07 Å². The summed E-state index contributed by atoms with van der Waals surface area (Å²) in [4.78, 5) is 10.9. The van der Waals surface area contributed by atoms with Crippen LogP contribution in [0.3, 0.4) is 0 Å². The molecule has 0 aliphatic heterocycles. The Morgan fingerprint density at radius 1 is 1.60 bits per heavy atom. The van der Waals surface area contributed by atoms with Gasteiger partial charge in [0.05, 0.1) is 18.7 Å². The molecule has 0 N–H and O–H groups in total. The van der Waals surface area contributed by atoms with Crippen LogP contribution in [0.2, 0.25) is 0 Å². The van der Waals surface area contributed by atoms with Gasteiger partial charge in [-0.3, -0.25) is 4.79 Å². The minimum absolute atomic E-state index is 0.147. The van der Waals surface area contributed by atoms with Crippen LogP contribution in [-0.4, -0.2) is 13.1 Å². The van der Waals surface area contributed by atoms with Gasteiger partial charge in [-0.25, -0.2) is 4.39 Å². The molecule has 4 heteroatoms. The number of hydrogen-bond donors (Lipinski definition) is 0. The van der Waals surface area contributed by atoms with E-state index in [1.165, 1.54) is 25.3 Å². The summed E-state index contributed by atoms with van der Waals surface area (Å²) in [5.74, 6) is -0.781. The fraction of sp³-hybridized carbons (Fsp3) is 0.273. The summed E-state index contributed by atoms with van der Waals surface area (Å²) in [7, 11) is 1.29. The molecule has 1 aromatic rings. The summed E-state index contributed by atoms with van der Waals surface area (Å²) in [6.07, 6.45) is 0.460. The molecule has 0 aliphatic carbocycles. The number of methoxy groups -OCH3 is 1. The predicted octanol–water partition coefficient (Wildman–Crippen LogP) is 1.80. The quantitative estimate of drug-likeness (QED) is 0.710. The van der Waals surface area contributed by atoms with Crippen molar-refractivity contribution in [3.63, 3.8) is 0 Å². The van der Waals surface area contributed by atoms with Crippen LogP contribution in [0.15, 0.2) is 18.2 Å². The van der Waals surface area contributed by atoms with Gasteiger partial charge in [0.25, 0.3) is 0 Å². The Hall–Kier alpha value is -1.89. The maximum absolute atomic E-state index is 12.9. The number of benzene rings is 1. The molecule has 0 aliphatic rings. The maximum atomic E-state index is 12.9. The summed E-state index contributed by atoms with van der Waals surface area (Å²) >= 11 is 0. The summed E-state index contributed by atoms with van der Waals surface area (Å²) in [6, 6.07) is 5.84. The zero-order chi connectivity index (χ0) is 11.3. The number of halogens is 1. The van der Waals surface area contributed by atoms with Crippen LogP contribution in [0.1, 0.15) is 17.5 Å². The molecule has 0 fully saturated rings. The van der Waals surface area contributed by atoms with E-state index < -0.39 is 5.82 Å². The Kier molecular flexibility index (Phi) is 3.81. The fourth-order valence-electron chi connectivity index (χ4n) is 1.22. The van der Waals surface area contributed by atoms with E-state index in [-0.39, 0.29) is 12.4 Å². The van der Waals surface area contributed by atoms with Crippen LogP contribution in [0.25, 0.3) is 0 Å². The standard InChI is InChI=1S/C11H10FNO2/c1-15-11(14)5-3-8-6-10(12)4-2-9(8)7-13/h2,4,6H,3,5H2,1H3. The summed E-state index contributed by atoms with van der Waals surface area (Å²) in [6.45, 7) is 0. The lowest BCUT2D eigenvalue weighted by Crippen LogP contribution is -2.03. The number of hydrogen-bond acceptors (Lipinski definition) is 3. The molecule has 0 radical (unpaired) electrons. The second-order valence-corrected chi connectivity index (χ2v) is 2.99. The van der Waals surface area contributed by atoms with Crippen LogP contribution < -0.4 is 0 Å². The number of rotatable bonds is 3. The van der Waals surface area contributed by atoms with Gasteiger partial charge < -0.3 is 4.74 Å². The van der Waals surface area contributed by atoms with E-state index >= 15 is 0 Å². The molecule has 0 atom stereocenters. The van der Waals surface area contributed by atoms with Gasteiger partial charge in [0.15, 0.2) is 0 Å². The minimum atomic E-state index is -0.408. The van der Waals surface area contributed by atoms with Crippen LogP contribution in [-0.2, 0) is 16.0 Å². The Balaban J connectivity index is 2.80. The molecule has 0 aromatic heterocycles. The van der Waals surface area contributed by atoms with E-state index in [0.717, 1.165) is 0 Å². The predicted molar refractivity (Wildman–Crippen MR) is 51.5 cm³/mol. The molecule has 1 rings (SSSR count). The highest BCUT2D eigenvalue weighted by Crippen LogP contribution is 2.12. The third-order valence-electron chi connectivity index (χ3n) is 2.01. The highest BCUT2D eigenvalue weighted by atomic mass is 19.1. The van der Waals surface area contributed by atoms with Gasteiger partial charge >= 0.3 is 5.97 Å². The highest BCUT2D eigenvalue weighted by molar-refractivity contribution is 5.69. The third-order valence-corrected chi connectivity index (χ3v) is 2.01. The van der Waals surface area contributed by atoms with E-state index in [4.69, 9.17) is 5.26 Å². The van der Waals surface area contributed by atoms with E-state index in [2.05, 4.69) is 4.74 Å². The molecule has 0 heterocycles. The van der Waals surface area contributed by atoms with Gasteiger partial charge in [0.1, 0.15) is 5.82 Å². The van der Waals surface area contributed by atoms with Crippen molar-refractivity contribution in [2.45, 2.75) is 12.8 Å². The molecule has 0 bridgehead atoms. The number of ether oxygens (including phenoxy) is 1. The van der Waals surface area contributed by atoms with Gasteiger partial charge in [0.2, 0.25) is 0 Å². The van der Waals surface area contributed by atoms with Crippen molar-refractivity contribution in [1.29, 1.82) is 5.26 Å². The van der Waals surface area contributed by atoms with Crippen molar-refractivity contribution >= 4 is 5.97 Å². The van der Waals surface area contributed by atoms with Crippen LogP contribution in [0.4, 0.5) is 4.39 Å². The third kappa shape index (κ3) is 3.06. The van der Waals surface area contributed by atoms with E-state index in [1.54, 1.807) is 0 Å². The Labute approximate surface area is 87.1 Å². The summed E-state index contributed by atoms with van der Waals surface area (Å²) < 4.78 is 17.3. The largest absolute Gasteiger partial charge is 0.469 e. The molecule has 15 heavy (non-hydrogen) atoms. The van der Waals surface area contributed by atoms with Crippen molar-refractivity contribution in [3.05, 3.63) is 35.1 Å². The number of carbonyl (C=O) groups is 1. The zero-order valence-electron chi connectivity index (χ0n) is 8.29. The molecule has 3 nitrogen and oxygen atoms in total. The second-order valence-electron chi connectivity index (χ2n) is 2.99. The number of nitrogens with zero attached hydrogens (tertiary/aromatic N) is 1. The first-order chi connectivity index (χ1) is 7.17. The second kappa shape index (κ2) is 5.11. The van der Waals surface area contributed by atoms with Crippen LogP contribution in [0, 0.1) is 17.1 Å². The normalized spacial score (nSPS) is 9.40. The van der Waals surface area contributed by atoms with Gasteiger partial charge in [-0.1, -0.05) is 0 Å². The lowest BCUT2D eigenvalue weighted by Gasteiger charge is -2.03. The van der Waals surface area contributed by atoms with Crippen LogP contribution in [0.5, 0.6) is 0 Å². The molecule has 0 unspecified atom stereocenters. The van der Waals surface area contributed by atoms with E-state index in [0.29, 0.717) is 17.5 Å². The first kappa shape index (κ1) is 11.2. The SMILES string of the molecule is COC(=O)CCc1cc(F)ccc1C#N. The van der Waals surface area contributed by atoms with Gasteiger partial charge in [-0.15, -0.1) is 0 Å². The number of carbonyl (C=O) groups excluding carboxylic acids is 1. The molecule has 0 saturated carbocycles. The lowest BCUT2D eigenvalue weighted by atomic mass is 10.0. The maximum Gasteiger partial charge on any atom is 0.305 e. The van der Waals surface area contributed by atoms with Gasteiger partial charge in [-0.05, 0) is 30.2 Å². The molecule has 0 saturated heterocycles. The molecular weight excluding hydrogens is 197 g/mol. The topological polar surface area (TPSA) is 50.1 Å². The van der Waals surface area contributed by atoms with Crippen molar-refractivity contribution in [2.24, 2.45) is 0 Å².